The van der Waals surface area contributed by atoms with Gasteiger partial charge in [0.2, 0.25) is 11.9 Å². The minimum Gasteiger partial charge on any atom is -0.325 e. The zero-order valence-corrected chi connectivity index (χ0v) is 19.2. The van der Waals surface area contributed by atoms with Crippen LogP contribution < -0.4 is 10.0 Å². The van der Waals surface area contributed by atoms with Crippen LogP contribution in [0.2, 0.25) is 0 Å². The Bertz CT molecular complexity index is 1160. The molecule has 162 valence electrons. The van der Waals surface area contributed by atoms with Gasteiger partial charge in [0.05, 0.1) is 10.6 Å². The predicted octanol–water partition coefficient (Wildman–Crippen LogP) is 4.07. The number of hydrogen-bond acceptors (Lipinski definition) is 6. The molecule has 0 atom stereocenters. The summed E-state index contributed by atoms with van der Waals surface area (Å²) in [5.74, 6) is 0.938. The highest BCUT2D eigenvalue weighted by Crippen LogP contribution is 2.18. The number of benzene rings is 2. The molecule has 3 aromatic rings. The molecule has 9 heteroatoms. The molecule has 1 aromatic heterocycles. The van der Waals surface area contributed by atoms with Crippen molar-refractivity contribution >= 4 is 39.3 Å². The summed E-state index contributed by atoms with van der Waals surface area (Å²) in [4.78, 5) is 20.4. The molecule has 2 aromatic carbocycles. The standard InChI is InChI=1S/C22H24N4O3S2/c1-15-5-4-6-18(11-15)13-30-14-21(27)25-19-7-9-20(10-8-19)31(28,29)26-22-23-16(2)12-17(3)24-22/h4-12H,13-14H2,1-3H3,(H,25,27)(H,23,24,26). The molecule has 2 N–H and O–H groups in total. The summed E-state index contributed by atoms with van der Waals surface area (Å²) in [7, 11) is -3.83. The number of nitrogens with one attached hydrogen (secondary N) is 2. The lowest BCUT2D eigenvalue weighted by atomic mass is 10.2. The van der Waals surface area contributed by atoms with E-state index < -0.39 is 10.0 Å². The summed E-state index contributed by atoms with van der Waals surface area (Å²) in [5.41, 5.74) is 4.23. The summed E-state index contributed by atoms with van der Waals surface area (Å²) in [6.07, 6.45) is 0. The number of aromatic nitrogens is 2. The van der Waals surface area contributed by atoms with Crippen LogP contribution in [0.5, 0.6) is 0 Å². The van der Waals surface area contributed by atoms with Gasteiger partial charge in [-0.2, -0.15) is 0 Å². The Kier molecular flexibility index (Phi) is 7.29. The van der Waals surface area contributed by atoms with Gasteiger partial charge in [-0.3, -0.25) is 4.79 Å². The molecule has 0 aliphatic carbocycles. The topological polar surface area (TPSA) is 101 Å². The molecule has 0 saturated carbocycles. The molecule has 1 amide bonds. The van der Waals surface area contributed by atoms with Crippen LogP contribution in [0.25, 0.3) is 0 Å². The molecule has 3 rings (SSSR count). The number of rotatable bonds is 8. The second-order valence-electron chi connectivity index (χ2n) is 7.13. The van der Waals surface area contributed by atoms with E-state index in [1.807, 2.05) is 25.1 Å². The molecular formula is C22H24N4O3S2. The summed E-state index contributed by atoms with van der Waals surface area (Å²) in [5, 5.41) is 2.78. The van der Waals surface area contributed by atoms with Crippen molar-refractivity contribution in [1.29, 1.82) is 0 Å². The van der Waals surface area contributed by atoms with E-state index in [9.17, 15) is 13.2 Å². The molecule has 7 nitrogen and oxygen atoms in total. The number of hydrogen-bond donors (Lipinski definition) is 2. The maximum absolute atomic E-state index is 12.6. The van der Waals surface area contributed by atoms with Crippen molar-refractivity contribution < 1.29 is 13.2 Å². The first-order chi connectivity index (χ1) is 14.7. The Hall–Kier alpha value is -2.91. The molecule has 0 aliphatic heterocycles. The van der Waals surface area contributed by atoms with Gasteiger partial charge in [0.15, 0.2) is 0 Å². The van der Waals surface area contributed by atoms with Crippen molar-refractivity contribution in [2.24, 2.45) is 0 Å². The molecule has 0 unspecified atom stereocenters. The van der Waals surface area contributed by atoms with Crippen LogP contribution in [-0.2, 0) is 20.6 Å². The quantitative estimate of drug-likeness (QED) is 0.530. The first kappa shape index (κ1) is 22.8. The monoisotopic (exact) mass is 456 g/mol. The van der Waals surface area contributed by atoms with Crippen LogP contribution in [0.3, 0.4) is 0 Å². The van der Waals surface area contributed by atoms with Gasteiger partial charge in [0, 0.05) is 22.8 Å². The van der Waals surface area contributed by atoms with E-state index >= 15 is 0 Å². The lowest BCUT2D eigenvalue weighted by molar-refractivity contribution is -0.113. The SMILES string of the molecule is Cc1cccc(CSCC(=O)Nc2ccc(S(=O)(=O)Nc3nc(C)cc(C)n3)cc2)c1. The van der Waals surface area contributed by atoms with Crippen molar-refractivity contribution in [3.63, 3.8) is 0 Å². The summed E-state index contributed by atoms with van der Waals surface area (Å²) in [6, 6.07) is 15.9. The summed E-state index contributed by atoms with van der Waals surface area (Å²) < 4.78 is 27.5. The van der Waals surface area contributed by atoms with Crippen molar-refractivity contribution in [2.45, 2.75) is 31.4 Å². The molecule has 1 heterocycles. The minimum atomic E-state index is -3.83. The van der Waals surface area contributed by atoms with Crippen LogP contribution in [0.15, 0.2) is 59.5 Å². The molecular weight excluding hydrogens is 432 g/mol. The number of carbonyl (C=O) groups excluding carboxylic acids is 1. The molecule has 0 bridgehead atoms. The Morgan fingerprint density at radius 1 is 0.968 bits per heavy atom. The number of sulfonamides is 1. The highest BCUT2D eigenvalue weighted by molar-refractivity contribution is 7.99. The fourth-order valence-corrected chi connectivity index (χ4v) is 4.65. The molecule has 0 spiro atoms. The van der Waals surface area contributed by atoms with Crippen LogP contribution in [-0.4, -0.2) is 30.0 Å². The van der Waals surface area contributed by atoms with Gasteiger partial charge >= 0.3 is 0 Å². The van der Waals surface area contributed by atoms with Crippen molar-refractivity contribution in [3.8, 4) is 0 Å². The van der Waals surface area contributed by atoms with Gasteiger partial charge in [0.25, 0.3) is 10.0 Å². The third kappa shape index (κ3) is 6.80. The van der Waals surface area contributed by atoms with Crippen LogP contribution in [0, 0.1) is 20.8 Å². The molecule has 31 heavy (non-hydrogen) atoms. The predicted molar refractivity (Wildman–Crippen MR) is 125 cm³/mol. The second kappa shape index (κ2) is 9.93. The summed E-state index contributed by atoms with van der Waals surface area (Å²) >= 11 is 1.52. The van der Waals surface area contributed by atoms with E-state index in [0.717, 1.165) is 5.75 Å². The highest BCUT2D eigenvalue weighted by atomic mass is 32.2. The largest absolute Gasteiger partial charge is 0.325 e. The van der Waals surface area contributed by atoms with Crippen LogP contribution >= 0.6 is 11.8 Å². The van der Waals surface area contributed by atoms with E-state index in [4.69, 9.17) is 0 Å². The first-order valence-electron chi connectivity index (χ1n) is 9.59. The van der Waals surface area contributed by atoms with E-state index in [1.165, 1.54) is 35.0 Å². The number of carbonyl (C=O) groups is 1. The Morgan fingerprint density at radius 2 is 1.65 bits per heavy atom. The molecule has 0 aliphatic rings. The lowest BCUT2D eigenvalue weighted by Crippen LogP contribution is -2.16. The van der Waals surface area contributed by atoms with E-state index in [0.29, 0.717) is 22.8 Å². The van der Waals surface area contributed by atoms with Crippen LogP contribution in [0.1, 0.15) is 22.5 Å². The zero-order chi connectivity index (χ0) is 22.4. The fourth-order valence-electron chi connectivity index (χ4n) is 2.93. The maximum atomic E-state index is 12.6. The van der Waals surface area contributed by atoms with Crippen molar-refractivity contribution in [3.05, 3.63) is 77.1 Å². The highest BCUT2D eigenvalue weighted by Gasteiger charge is 2.16. The van der Waals surface area contributed by atoms with Crippen LogP contribution in [0.4, 0.5) is 11.6 Å². The van der Waals surface area contributed by atoms with Gasteiger partial charge in [-0.25, -0.2) is 23.1 Å². The van der Waals surface area contributed by atoms with Gasteiger partial charge in [-0.05, 0) is 56.7 Å². The number of aryl methyl sites for hydroxylation is 3. The van der Waals surface area contributed by atoms with Crippen molar-refractivity contribution in [2.75, 3.05) is 15.8 Å². The number of anilines is 2. The Morgan fingerprint density at radius 3 is 2.29 bits per heavy atom. The molecule has 0 radical (unpaired) electrons. The Balaban J connectivity index is 1.55. The fraction of sp³-hybridized carbons (Fsp3) is 0.227. The minimum absolute atomic E-state index is 0.0283. The van der Waals surface area contributed by atoms with Crippen molar-refractivity contribution in [1.82, 2.24) is 9.97 Å². The molecule has 0 fully saturated rings. The van der Waals surface area contributed by atoms with E-state index in [1.54, 1.807) is 32.0 Å². The first-order valence-corrected chi connectivity index (χ1v) is 12.2. The number of nitrogens with zero attached hydrogens (tertiary/aromatic N) is 2. The average molecular weight is 457 g/mol. The average Bonchev–Trinajstić information content (AvgIpc) is 2.67. The van der Waals surface area contributed by atoms with Gasteiger partial charge in [0.1, 0.15) is 0 Å². The molecule has 0 saturated heterocycles. The lowest BCUT2D eigenvalue weighted by Gasteiger charge is -2.09. The zero-order valence-electron chi connectivity index (χ0n) is 17.5. The van der Waals surface area contributed by atoms with Gasteiger partial charge in [-0.1, -0.05) is 29.8 Å². The van der Waals surface area contributed by atoms with Gasteiger partial charge < -0.3 is 5.32 Å². The van der Waals surface area contributed by atoms with E-state index in [2.05, 4.69) is 26.1 Å². The number of thioether (sulfide) groups is 1. The second-order valence-corrected chi connectivity index (χ2v) is 9.80. The normalized spacial score (nSPS) is 11.2. The van der Waals surface area contributed by atoms with Gasteiger partial charge in [-0.15, -0.1) is 11.8 Å². The smallest absolute Gasteiger partial charge is 0.264 e. The third-order valence-electron chi connectivity index (χ3n) is 4.24. The maximum Gasteiger partial charge on any atom is 0.264 e. The Labute approximate surface area is 186 Å². The third-order valence-corrected chi connectivity index (χ3v) is 6.59. The summed E-state index contributed by atoms with van der Waals surface area (Å²) in [6.45, 7) is 5.57. The number of amides is 1. The van der Waals surface area contributed by atoms with E-state index in [-0.39, 0.29) is 16.8 Å².